The number of hydrogen-bond acceptors (Lipinski definition) is 8. The summed E-state index contributed by atoms with van der Waals surface area (Å²) in [5.41, 5.74) is 1.94. The number of nitrogens with zero attached hydrogens (tertiary/aromatic N) is 6. The van der Waals surface area contributed by atoms with Crippen LogP contribution in [0.2, 0.25) is 0 Å². The Kier molecular flexibility index (Phi) is 4.56. The Morgan fingerprint density at radius 1 is 1.30 bits per heavy atom. The Bertz CT molecular complexity index is 1130. The van der Waals surface area contributed by atoms with E-state index in [1.54, 1.807) is 10.9 Å². The number of anilines is 2. The zero-order chi connectivity index (χ0) is 20.8. The maximum absolute atomic E-state index is 9.63. The molecule has 5 rings (SSSR count). The fourth-order valence-electron chi connectivity index (χ4n) is 3.87. The summed E-state index contributed by atoms with van der Waals surface area (Å²) in [6.07, 6.45) is 3.56. The van der Waals surface area contributed by atoms with Crippen LogP contribution < -0.4 is 10.1 Å². The Hall–Kier alpha value is -3.16. The van der Waals surface area contributed by atoms with Crippen molar-refractivity contribution in [2.75, 3.05) is 25.1 Å². The standard InChI is InChI=1S/C20H23N7O3/c1-11-8-28-9-16(11)27-14(5-21)4-13-6-22-20(24-18(13)27)23-15-7-26(3)25-19(15)30-17-10-29-12(17)2/h4,6-7,11-12,16-17H,8-10H2,1-3H3,(H,22,23,24)/t11-,12-,16-,17-/m0/s1. The second-order valence-corrected chi connectivity index (χ2v) is 7.91. The minimum atomic E-state index is -0.0249. The average Bonchev–Trinajstić information content (AvgIpc) is 3.40. The molecule has 0 saturated carbocycles. The first-order chi connectivity index (χ1) is 14.5. The van der Waals surface area contributed by atoms with Crippen molar-refractivity contribution >= 4 is 22.7 Å². The number of nitriles is 1. The summed E-state index contributed by atoms with van der Waals surface area (Å²) in [7, 11) is 1.83. The lowest BCUT2D eigenvalue weighted by molar-refractivity contribution is -0.140. The van der Waals surface area contributed by atoms with Crippen molar-refractivity contribution in [2.24, 2.45) is 13.0 Å². The van der Waals surface area contributed by atoms with E-state index in [1.807, 2.05) is 30.8 Å². The van der Waals surface area contributed by atoms with Crippen molar-refractivity contribution in [3.05, 3.63) is 24.2 Å². The molecular formula is C20H23N7O3. The van der Waals surface area contributed by atoms with Crippen LogP contribution in [0.4, 0.5) is 11.6 Å². The van der Waals surface area contributed by atoms with Gasteiger partial charge in [-0.2, -0.15) is 10.2 Å². The Balaban J connectivity index is 1.48. The third kappa shape index (κ3) is 3.16. The van der Waals surface area contributed by atoms with E-state index in [2.05, 4.69) is 28.4 Å². The molecule has 0 bridgehead atoms. The van der Waals surface area contributed by atoms with Crippen LogP contribution in [0.5, 0.6) is 5.88 Å². The van der Waals surface area contributed by atoms with Gasteiger partial charge in [-0.15, -0.1) is 5.10 Å². The molecule has 0 radical (unpaired) electrons. The van der Waals surface area contributed by atoms with Crippen LogP contribution in [-0.2, 0) is 16.5 Å². The smallest absolute Gasteiger partial charge is 0.257 e. The molecule has 1 N–H and O–H groups in total. The number of aromatic nitrogens is 5. The molecule has 2 fully saturated rings. The number of nitrogens with one attached hydrogen (secondary N) is 1. The Morgan fingerprint density at radius 3 is 2.83 bits per heavy atom. The largest absolute Gasteiger partial charge is 0.467 e. The summed E-state index contributed by atoms with van der Waals surface area (Å²) < 4.78 is 20.6. The van der Waals surface area contributed by atoms with E-state index in [-0.39, 0.29) is 18.2 Å². The van der Waals surface area contributed by atoms with E-state index in [0.29, 0.717) is 54.6 Å². The highest BCUT2D eigenvalue weighted by molar-refractivity contribution is 5.79. The van der Waals surface area contributed by atoms with Crippen molar-refractivity contribution in [1.29, 1.82) is 5.26 Å². The molecule has 0 aliphatic carbocycles. The SMILES string of the molecule is C[C@@H]1OC[C@@H]1Oc1nn(C)cc1Nc1ncc2cc(C#N)n([C@H]3COC[C@@H]3C)c2n1. The van der Waals surface area contributed by atoms with Gasteiger partial charge in [0, 0.05) is 24.5 Å². The fourth-order valence-corrected chi connectivity index (χ4v) is 3.87. The maximum Gasteiger partial charge on any atom is 0.257 e. The lowest BCUT2D eigenvalue weighted by Crippen LogP contribution is -2.46. The summed E-state index contributed by atoms with van der Waals surface area (Å²) in [4.78, 5) is 9.14. The summed E-state index contributed by atoms with van der Waals surface area (Å²) >= 11 is 0. The summed E-state index contributed by atoms with van der Waals surface area (Å²) in [6.45, 7) is 5.87. The van der Waals surface area contributed by atoms with Gasteiger partial charge in [0.2, 0.25) is 5.95 Å². The third-order valence-corrected chi connectivity index (χ3v) is 5.70. The van der Waals surface area contributed by atoms with Crippen LogP contribution in [0.25, 0.3) is 11.0 Å². The van der Waals surface area contributed by atoms with E-state index in [1.165, 1.54) is 0 Å². The molecule has 4 atom stereocenters. The van der Waals surface area contributed by atoms with Gasteiger partial charge in [-0.1, -0.05) is 6.92 Å². The number of rotatable bonds is 5. The van der Waals surface area contributed by atoms with Gasteiger partial charge < -0.3 is 24.1 Å². The zero-order valence-corrected chi connectivity index (χ0v) is 17.1. The normalized spacial score (nSPS) is 25.8. The summed E-state index contributed by atoms with van der Waals surface area (Å²) in [5.74, 6) is 1.19. The molecule has 0 spiro atoms. The highest BCUT2D eigenvalue weighted by Crippen LogP contribution is 2.33. The number of hydrogen-bond donors (Lipinski definition) is 1. The van der Waals surface area contributed by atoms with Crippen molar-refractivity contribution in [1.82, 2.24) is 24.3 Å². The van der Waals surface area contributed by atoms with Crippen LogP contribution in [0.1, 0.15) is 25.6 Å². The van der Waals surface area contributed by atoms with Gasteiger partial charge in [-0.05, 0) is 13.0 Å². The number of fused-ring (bicyclic) bond motifs is 1. The molecule has 2 aliphatic heterocycles. The molecule has 0 amide bonds. The van der Waals surface area contributed by atoms with E-state index in [0.717, 1.165) is 5.39 Å². The third-order valence-electron chi connectivity index (χ3n) is 5.70. The first-order valence-electron chi connectivity index (χ1n) is 9.98. The molecule has 5 heterocycles. The minimum absolute atomic E-state index is 0.0249. The Morgan fingerprint density at radius 2 is 2.17 bits per heavy atom. The van der Waals surface area contributed by atoms with Gasteiger partial charge in [0.25, 0.3) is 5.88 Å². The molecular weight excluding hydrogens is 386 g/mol. The van der Waals surface area contributed by atoms with Crippen LogP contribution in [0.15, 0.2) is 18.5 Å². The maximum atomic E-state index is 9.63. The predicted molar refractivity (Wildman–Crippen MR) is 108 cm³/mol. The summed E-state index contributed by atoms with van der Waals surface area (Å²) in [5, 5.41) is 18.1. The van der Waals surface area contributed by atoms with Crippen molar-refractivity contribution in [3.8, 4) is 11.9 Å². The zero-order valence-electron chi connectivity index (χ0n) is 17.1. The van der Waals surface area contributed by atoms with E-state index in [4.69, 9.17) is 19.2 Å². The Labute approximate surface area is 173 Å². The van der Waals surface area contributed by atoms with Crippen molar-refractivity contribution in [2.45, 2.75) is 32.1 Å². The molecule has 0 aromatic carbocycles. The van der Waals surface area contributed by atoms with Crippen LogP contribution in [0, 0.1) is 17.2 Å². The van der Waals surface area contributed by atoms with Gasteiger partial charge in [0.1, 0.15) is 29.2 Å². The van der Waals surface area contributed by atoms with Gasteiger partial charge in [-0.3, -0.25) is 4.68 Å². The van der Waals surface area contributed by atoms with Gasteiger partial charge >= 0.3 is 0 Å². The monoisotopic (exact) mass is 409 g/mol. The number of aryl methyl sites for hydroxylation is 1. The van der Waals surface area contributed by atoms with Crippen molar-refractivity contribution in [3.63, 3.8) is 0 Å². The fraction of sp³-hybridized carbons (Fsp3) is 0.500. The average molecular weight is 409 g/mol. The first kappa shape index (κ1) is 18.8. The van der Waals surface area contributed by atoms with Gasteiger partial charge in [0.05, 0.1) is 38.2 Å². The molecule has 3 aromatic rings. The quantitative estimate of drug-likeness (QED) is 0.682. The van der Waals surface area contributed by atoms with E-state index in [9.17, 15) is 5.26 Å². The van der Waals surface area contributed by atoms with Crippen LogP contribution >= 0.6 is 0 Å². The molecule has 156 valence electrons. The summed E-state index contributed by atoms with van der Waals surface area (Å²) in [6, 6.07) is 4.16. The minimum Gasteiger partial charge on any atom is -0.467 e. The van der Waals surface area contributed by atoms with E-state index >= 15 is 0 Å². The topological polar surface area (TPSA) is 112 Å². The highest BCUT2D eigenvalue weighted by Gasteiger charge is 2.32. The van der Waals surface area contributed by atoms with Crippen molar-refractivity contribution < 1.29 is 14.2 Å². The number of ether oxygens (including phenoxy) is 3. The molecule has 2 saturated heterocycles. The molecule has 3 aromatic heterocycles. The first-order valence-corrected chi connectivity index (χ1v) is 9.98. The molecule has 0 unspecified atom stereocenters. The second kappa shape index (κ2) is 7.27. The molecule has 2 aliphatic rings. The predicted octanol–water partition coefficient (Wildman–Crippen LogP) is 2.15. The highest BCUT2D eigenvalue weighted by atomic mass is 16.6. The molecule has 10 nitrogen and oxygen atoms in total. The van der Waals surface area contributed by atoms with Gasteiger partial charge in [-0.25, -0.2) is 4.98 Å². The lowest BCUT2D eigenvalue weighted by Gasteiger charge is -2.33. The van der Waals surface area contributed by atoms with Crippen LogP contribution in [0.3, 0.4) is 0 Å². The van der Waals surface area contributed by atoms with E-state index < -0.39 is 0 Å². The lowest BCUT2D eigenvalue weighted by atomic mass is 10.1. The second-order valence-electron chi connectivity index (χ2n) is 7.91. The van der Waals surface area contributed by atoms with Crippen LogP contribution in [-0.4, -0.2) is 56.3 Å². The molecule has 10 heteroatoms. The van der Waals surface area contributed by atoms with Gasteiger partial charge in [0.15, 0.2) is 0 Å². The molecule has 30 heavy (non-hydrogen) atoms.